The Morgan fingerprint density at radius 2 is 1.43 bits per heavy atom. The third kappa shape index (κ3) is 12.0. The van der Waals surface area contributed by atoms with Crippen LogP contribution in [0, 0.1) is 5.92 Å². The Kier molecular flexibility index (Phi) is 9.49. The minimum Gasteiger partial charge on any atom is -0.315 e. The highest BCUT2D eigenvalue weighted by atomic mass is 14.9. The second kappa shape index (κ2) is 9.51. The van der Waals surface area contributed by atoms with Crippen LogP contribution >= 0.6 is 0 Å². The summed E-state index contributed by atoms with van der Waals surface area (Å²) in [5, 5.41) is 3.45. The van der Waals surface area contributed by atoms with Gasteiger partial charge in [0.15, 0.2) is 0 Å². The van der Waals surface area contributed by atoms with E-state index in [4.69, 9.17) is 0 Å². The van der Waals surface area contributed by atoms with Gasteiger partial charge in [-0.15, -0.1) is 0 Å². The van der Waals surface area contributed by atoms with Crippen LogP contribution in [0.15, 0.2) is 0 Å². The Morgan fingerprint density at radius 1 is 0.857 bits per heavy atom. The minimum atomic E-state index is 0. The summed E-state index contributed by atoms with van der Waals surface area (Å²) in [7, 11) is 0. The van der Waals surface area contributed by atoms with Crippen molar-refractivity contribution in [1.82, 2.24) is 5.32 Å². The summed E-state index contributed by atoms with van der Waals surface area (Å²) in [5.41, 5.74) is 0. The molecule has 1 heteroatoms. The molecule has 0 saturated heterocycles. The van der Waals surface area contributed by atoms with Gasteiger partial charge in [0, 0.05) is 7.47 Å². The summed E-state index contributed by atoms with van der Waals surface area (Å²) in [4.78, 5) is 0. The van der Waals surface area contributed by atoms with Gasteiger partial charge in [0.05, 0.1) is 0 Å². The topological polar surface area (TPSA) is 12.0 Å². The smallest absolute Gasteiger partial charge is 0.00103 e. The summed E-state index contributed by atoms with van der Waals surface area (Å²) in [6.45, 7) is 10.2. The first kappa shape index (κ1) is 14.0. The van der Waals surface area contributed by atoms with Crippen molar-refractivity contribution in [1.29, 1.82) is 0 Å². The van der Waals surface area contributed by atoms with Gasteiger partial charge in [0.1, 0.15) is 0 Å². The average Bonchev–Trinajstić information content (AvgIpc) is 2.08. The van der Waals surface area contributed by atoms with Crippen LogP contribution in [0.1, 0.15) is 67.6 Å². The Bertz CT molecular complexity index is 99.1. The fourth-order valence-electron chi connectivity index (χ4n) is 1.60. The van der Waals surface area contributed by atoms with Crippen molar-refractivity contribution in [3.8, 4) is 0 Å². The maximum absolute atomic E-state index is 3.45. The molecule has 1 N–H and O–H groups in total. The van der Waals surface area contributed by atoms with Crippen molar-refractivity contribution >= 4 is 0 Å². The highest BCUT2D eigenvalue weighted by Gasteiger charge is 1.95. The highest BCUT2D eigenvalue weighted by Crippen LogP contribution is 2.10. The van der Waals surface area contributed by atoms with Gasteiger partial charge in [-0.1, -0.05) is 59.8 Å². The van der Waals surface area contributed by atoms with E-state index < -0.39 is 0 Å². The molecule has 0 aliphatic heterocycles. The van der Waals surface area contributed by atoms with Crippen LogP contribution in [-0.2, 0) is 0 Å². The van der Waals surface area contributed by atoms with Crippen LogP contribution in [-0.4, -0.2) is 12.6 Å². The molecule has 0 heterocycles. The van der Waals surface area contributed by atoms with Gasteiger partial charge in [-0.2, -0.15) is 0 Å². The molecule has 0 aliphatic carbocycles. The van der Waals surface area contributed by atoms with E-state index in [9.17, 15) is 0 Å². The number of hydrogen-bond donors (Lipinski definition) is 1. The van der Waals surface area contributed by atoms with E-state index in [1.165, 1.54) is 45.1 Å². The van der Waals surface area contributed by atoms with Gasteiger partial charge < -0.3 is 5.32 Å². The molecule has 0 aromatic heterocycles. The standard InChI is InChI=1S/C13H29N.H2/c1-12(2)10-8-6-5-7-9-11-14-13(3)4;/h12-14H,5-11H2,1-4H3;1H. The molecule has 0 aromatic rings. The van der Waals surface area contributed by atoms with Crippen LogP contribution in [0.3, 0.4) is 0 Å². The Balaban J connectivity index is 0. The molecule has 1 nitrogen and oxygen atoms in total. The van der Waals surface area contributed by atoms with Crippen molar-refractivity contribution in [3.63, 3.8) is 0 Å². The lowest BCUT2D eigenvalue weighted by atomic mass is 10.0. The first-order valence-electron chi connectivity index (χ1n) is 6.36. The third-order valence-electron chi connectivity index (χ3n) is 2.51. The number of unbranched alkanes of at least 4 members (excludes halogenated alkanes) is 4. The molecule has 0 saturated carbocycles. The van der Waals surface area contributed by atoms with Crippen molar-refractivity contribution < 1.29 is 1.43 Å². The molecule has 0 atom stereocenters. The summed E-state index contributed by atoms with van der Waals surface area (Å²) >= 11 is 0. The zero-order valence-electron chi connectivity index (χ0n) is 10.6. The fraction of sp³-hybridized carbons (Fsp3) is 1.00. The zero-order chi connectivity index (χ0) is 10.8. The normalized spacial score (nSPS) is 11.6. The van der Waals surface area contributed by atoms with Crippen LogP contribution < -0.4 is 5.32 Å². The summed E-state index contributed by atoms with van der Waals surface area (Å²) in [6.07, 6.45) is 8.43. The molecular formula is C13H31N. The molecule has 88 valence electrons. The van der Waals surface area contributed by atoms with E-state index in [1.807, 2.05) is 0 Å². The first-order chi connectivity index (χ1) is 6.63. The lowest BCUT2D eigenvalue weighted by Gasteiger charge is -2.07. The number of rotatable bonds is 9. The van der Waals surface area contributed by atoms with E-state index >= 15 is 0 Å². The third-order valence-corrected chi connectivity index (χ3v) is 2.51. The first-order valence-corrected chi connectivity index (χ1v) is 6.36. The van der Waals surface area contributed by atoms with Crippen LogP contribution in [0.2, 0.25) is 0 Å². The fourth-order valence-corrected chi connectivity index (χ4v) is 1.60. The Hall–Kier alpha value is -0.0400. The van der Waals surface area contributed by atoms with Gasteiger partial charge in [-0.3, -0.25) is 0 Å². The van der Waals surface area contributed by atoms with Crippen LogP contribution in [0.5, 0.6) is 0 Å². The Labute approximate surface area is 92.2 Å². The molecule has 0 bridgehead atoms. The van der Waals surface area contributed by atoms with E-state index in [2.05, 4.69) is 33.0 Å². The molecule has 0 aromatic carbocycles. The van der Waals surface area contributed by atoms with Crippen molar-refractivity contribution in [2.75, 3.05) is 6.54 Å². The number of nitrogens with one attached hydrogen (secondary N) is 1. The second-order valence-corrected chi connectivity index (χ2v) is 5.06. The van der Waals surface area contributed by atoms with Crippen LogP contribution in [0.25, 0.3) is 0 Å². The van der Waals surface area contributed by atoms with Gasteiger partial charge in [0.2, 0.25) is 0 Å². The van der Waals surface area contributed by atoms with Crippen molar-refractivity contribution in [2.45, 2.75) is 72.3 Å². The summed E-state index contributed by atoms with van der Waals surface area (Å²) < 4.78 is 0. The van der Waals surface area contributed by atoms with E-state index in [0.29, 0.717) is 6.04 Å². The Morgan fingerprint density at radius 3 is 2.00 bits per heavy atom. The maximum atomic E-state index is 3.45. The molecule has 14 heavy (non-hydrogen) atoms. The molecule has 0 amide bonds. The van der Waals surface area contributed by atoms with Crippen LogP contribution in [0.4, 0.5) is 0 Å². The SMILES string of the molecule is CC(C)CCCCCCCNC(C)C.[HH]. The average molecular weight is 201 g/mol. The van der Waals surface area contributed by atoms with Gasteiger partial charge >= 0.3 is 0 Å². The van der Waals surface area contributed by atoms with Gasteiger partial charge in [-0.05, 0) is 18.9 Å². The summed E-state index contributed by atoms with van der Waals surface area (Å²) in [6, 6.07) is 0.649. The molecule has 0 unspecified atom stereocenters. The highest BCUT2D eigenvalue weighted by molar-refractivity contribution is 4.53. The minimum absolute atomic E-state index is 0. The van der Waals surface area contributed by atoms with Crippen molar-refractivity contribution in [2.24, 2.45) is 5.92 Å². The predicted octanol–water partition coefficient (Wildman–Crippen LogP) is 4.23. The molecule has 0 fully saturated rings. The number of hydrogen-bond acceptors (Lipinski definition) is 1. The molecular weight excluding hydrogens is 170 g/mol. The lowest BCUT2D eigenvalue weighted by Crippen LogP contribution is -2.23. The maximum Gasteiger partial charge on any atom is 0.00103 e. The van der Waals surface area contributed by atoms with Crippen molar-refractivity contribution in [3.05, 3.63) is 0 Å². The largest absolute Gasteiger partial charge is 0.315 e. The molecule has 0 aliphatic rings. The zero-order valence-corrected chi connectivity index (χ0v) is 10.6. The van der Waals surface area contributed by atoms with Gasteiger partial charge in [0.25, 0.3) is 0 Å². The molecule has 0 radical (unpaired) electrons. The van der Waals surface area contributed by atoms with Gasteiger partial charge in [-0.25, -0.2) is 0 Å². The lowest BCUT2D eigenvalue weighted by molar-refractivity contribution is 0.501. The molecule has 0 spiro atoms. The van der Waals surface area contributed by atoms with E-state index in [0.717, 1.165) is 5.92 Å². The monoisotopic (exact) mass is 201 g/mol. The quantitative estimate of drug-likeness (QED) is 0.551. The molecule has 0 rings (SSSR count). The second-order valence-electron chi connectivity index (χ2n) is 5.06. The van der Waals surface area contributed by atoms with E-state index in [-0.39, 0.29) is 1.43 Å². The summed E-state index contributed by atoms with van der Waals surface area (Å²) in [5.74, 6) is 0.887. The predicted molar refractivity (Wildman–Crippen MR) is 67.8 cm³/mol. The van der Waals surface area contributed by atoms with E-state index in [1.54, 1.807) is 0 Å².